The van der Waals surface area contributed by atoms with Crippen LogP contribution in [0.1, 0.15) is 19.8 Å². The molecule has 0 aliphatic carbocycles. The summed E-state index contributed by atoms with van der Waals surface area (Å²) in [6.45, 7) is 6.82. The SMILES string of the molecule is CN=C(NCC(C)Oc1ccc(F)cc1)N1CCC(C(=O)N2CCOCC2)CC1. The number of benzene rings is 1. The largest absolute Gasteiger partial charge is 0.489 e. The van der Waals surface area contributed by atoms with Crippen LogP contribution in [0.15, 0.2) is 29.3 Å². The molecular formula is C21H31FN4O3. The number of likely N-dealkylation sites (tertiary alicyclic amines) is 1. The molecule has 3 rings (SSSR count). The third-order valence-electron chi connectivity index (χ3n) is 5.38. The number of nitrogens with zero attached hydrogens (tertiary/aromatic N) is 3. The minimum atomic E-state index is -0.279. The van der Waals surface area contributed by atoms with Gasteiger partial charge in [-0.3, -0.25) is 9.79 Å². The molecule has 0 bridgehead atoms. The van der Waals surface area contributed by atoms with Gasteiger partial charge in [-0.1, -0.05) is 0 Å². The van der Waals surface area contributed by atoms with Crippen molar-refractivity contribution >= 4 is 11.9 Å². The number of ether oxygens (including phenoxy) is 2. The van der Waals surface area contributed by atoms with Crippen LogP contribution in [0.4, 0.5) is 4.39 Å². The minimum absolute atomic E-state index is 0.0863. The normalized spacial score (nSPS) is 19.8. The molecule has 1 amide bonds. The molecule has 1 aromatic rings. The summed E-state index contributed by atoms with van der Waals surface area (Å²) in [5, 5.41) is 3.34. The maximum Gasteiger partial charge on any atom is 0.225 e. The Morgan fingerprint density at radius 3 is 2.48 bits per heavy atom. The highest BCUT2D eigenvalue weighted by atomic mass is 19.1. The van der Waals surface area contributed by atoms with Gasteiger partial charge >= 0.3 is 0 Å². The maximum atomic E-state index is 13.0. The topological polar surface area (TPSA) is 66.4 Å². The summed E-state index contributed by atoms with van der Waals surface area (Å²) in [7, 11) is 1.76. The van der Waals surface area contributed by atoms with E-state index in [-0.39, 0.29) is 23.7 Å². The Morgan fingerprint density at radius 1 is 1.21 bits per heavy atom. The van der Waals surface area contributed by atoms with E-state index in [2.05, 4.69) is 15.2 Å². The summed E-state index contributed by atoms with van der Waals surface area (Å²) in [6, 6.07) is 6.02. The van der Waals surface area contributed by atoms with Crippen LogP contribution >= 0.6 is 0 Å². The number of rotatable bonds is 5. The van der Waals surface area contributed by atoms with Gasteiger partial charge in [-0.05, 0) is 44.0 Å². The maximum absolute atomic E-state index is 13.0. The summed E-state index contributed by atoms with van der Waals surface area (Å²) in [4.78, 5) is 21.2. The lowest BCUT2D eigenvalue weighted by atomic mass is 9.95. The number of carbonyl (C=O) groups excluding carboxylic acids is 1. The fourth-order valence-corrected chi connectivity index (χ4v) is 3.73. The van der Waals surface area contributed by atoms with E-state index >= 15 is 0 Å². The standard InChI is InChI=1S/C21H31FN4O3/c1-16(29-19-5-3-18(22)4-6-19)15-24-21(23-2)26-9-7-17(8-10-26)20(27)25-11-13-28-14-12-25/h3-6,16-17H,7-15H2,1-2H3,(H,23,24). The second kappa shape index (κ2) is 10.4. The Bertz CT molecular complexity index is 684. The van der Waals surface area contributed by atoms with Crippen molar-refractivity contribution in [3.63, 3.8) is 0 Å². The molecule has 2 heterocycles. The molecule has 2 aliphatic heterocycles. The molecule has 0 saturated carbocycles. The Labute approximate surface area is 171 Å². The number of aliphatic imine (C=N–C) groups is 1. The third kappa shape index (κ3) is 6.06. The fraction of sp³-hybridized carbons (Fsp3) is 0.619. The fourth-order valence-electron chi connectivity index (χ4n) is 3.73. The van der Waals surface area contributed by atoms with Crippen LogP contribution in [0.5, 0.6) is 5.75 Å². The van der Waals surface area contributed by atoms with Gasteiger partial charge in [0.05, 0.1) is 19.8 Å². The van der Waals surface area contributed by atoms with Gasteiger partial charge in [-0.25, -0.2) is 4.39 Å². The van der Waals surface area contributed by atoms with Crippen molar-refractivity contribution in [1.29, 1.82) is 0 Å². The van der Waals surface area contributed by atoms with E-state index in [9.17, 15) is 9.18 Å². The Balaban J connectivity index is 1.42. The van der Waals surface area contributed by atoms with E-state index in [0.717, 1.165) is 31.9 Å². The molecule has 1 atom stereocenters. The van der Waals surface area contributed by atoms with Gasteiger partial charge in [0.2, 0.25) is 5.91 Å². The van der Waals surface area contributed by atoms with Crippen LogP contribution in [-0.4, -0.2) is 80.8 Å². The van der Waals surface area contributed by atoms with Crippen LogP contribution in [0.3, 0.4) is 0 Å². The van der Waals surface area contributed by atoms with Gasteiger partial charge in [0.25, 0.3) is 0 Å². The Hall–Kier alpha value is -2.35. The highest BCUT2D eigenvalue weighted by Crippen LogP contribution is 2.20. The first-order valence-corrected chi connectivity index (χ1v) is 10.3. The van der Waals surface area contributed by atoms with Gasteiger partial charge in [0, 0.05) is 39.1 Å². The number of nitrogens with one attached hydrogen (secondary N) is 1. The third-order valence-corrected chi connectivity index (χ3v) is 5.38. The van der Waals surface area contributed by atoms with Gasteiger partial charge in [-0.2, -0.15) is 0 Å². The lowest BCUT2D eigenvalue weighted by molar-refractivity contribution is -0.140. The van der Waals surface area contributed by atoms with E-state index < -0.39 is 0 Å². The number of halogens is 1. The smallest absolute Gasteiger partial charge is 0.225 e. The number of guanidine groups is 1. The van der Waals surface area contributed by atoms with Crippen LogP contribution < -0.4 is 10.1 Å². The number of hydrogen-bond donors (Lipinski definition) is 1. The van der Waals surface area contributed by atoms with Crippen LogP contribution in [-0.2, 0) is 9.53 Å². The highest BCUT2D eigenvalue weighted by Gasteiger charge is 2.30. The van der Waals surface area contributed by atoms with E-state index in [1.807, 2.05) is 11.8 Å². The molecule has 2 aliphatic rings. The number of morpholine rings is 1. The molecule has 0 aromatic heterocycles. The average molecular weight is 407 g/mol. The second-order valence-corrected chi connectivity index (χ2v) is 7.51. The summed E-state index contributed by atoms with van der Waals surface area (Å²) in [6.07, 6.45) is 1.56. The second-order valence-electron chi connectivity index (χ2n) is 7.51. The molecule has 8 heteroatoms. The molecule has 160 valence electrons. The van der Waals surface area contributed by atoms with E-state index in [1.165, 1.54) is 12.1 Å². The van der Waals surface area contributed by atoms with E-state index in [0.29, 0.717) is 38.6 Å². The summed E-state index contributed by atoms with van der Waals surface area (Å²) in [5.41, 5.74) is 0. The average Bonchev–Trinajstić information content (AvgIpc) is 2.76. The van der Waals surface area contributed by atoms with Crippen molar-refractivity contribution in [3.8, 4) is 5.75 Å². The summed E-state index contributed by atoms with van der Waals surface area (Å²) in [5.74, 6) is 1.52. The minimum Gasteiger partial charge on any atom is -0.489 e. The molecule has 1 unspecified atom stereocenters. The number of hydrogen-bond acceptors (Lipinski definition) is 4. The zero-order valence-electron chi connectivity index (χ0n) is 17.3. The van der Waals surface area contributed by atoms with Gasteiger partial charge in [0.15, 0.2) is 5.96 Å². The quantitative estimate of drug-likeness (QED) is 0.596. The first-order chi connectivity index (χ1) is 14.1. The number of carbonyl (C=O) groups is 1. The molecule has 1 N–H and O–H groups in total. The lowest BCUT2D eigenvalue weighted by Crippen LogP contribution is -2.50. The van der Waals surface area contributed by atoms with Crippen LogP contribution in [0.25, 0.3) is 0 Å². The predicted molar refractivity (Wildman–Crippen MR) is 110 cm³/mol. The van der Waals surface area contributed by atoms with E-state index in [4.69, 9.17) is 9.47 Å². The zero-order valence-corrected chi connectivity index (χ0v) is 17.3. The zero-order chi connectivity index (χ0) is 20.6. The molecule has 0 spiro atoms. The molecular weight excluding hydrogens is 375 g/mol. The van der Waals surface area contributed by atoms with Crippen molar-refractivity contribution in [1.82, 2.24) is 15.1 Å². The van der Waals surface area contributed by atoms with Gasteiger partial charge in [-0.15, -0.1) is 0 Å². The molecule has 2 fully saturated rings. The van der Waals surface area contributed by atoms with Gasteiger partial charge in [0.1, 0.15) is 17.7 Å². The first-order valence-electron chi connectivity index (χ1n) is 10.3. The highest BCUT2D eigenvalue weighted by molar-refractivity contribution is 5.81. The predicted octanol–water partition coefficient (Wildman–Crippen LogP) is 1.74. The first kappa shape index (κ1) is 21.4. The van der Waals surface area contributed by atoms with Crippen LogP contribution in [0.2, 0.25) is 0 Å². The lowest BCUT2D eigenvalue weighted by Gasteiger charge is -2.37. The molecule has 7 nitrogen and oxygen atoms in total. The molecule has 29 heavy (non-hydrogen) atoms. The number of amides is 1. The molecule has 2 saturated heterocycles. The molecule has 0 radical (unpaired) electrons. The van der Waals surface area contributed by atoms with Crippen molar-refractivity contribution < 1.29 is 18.7 Å². The number of piperidine rings is 1. The Kier molecular flexibility index (Phi) is 7.69. The van der Waals surface area contributed by atoms with Crippen molar-refractivity contribution in [2.24, 2.45) is 10.9 Å². The Morgan fingerprint density at radius 2 is 1.86 bits per heavy atom. The monoisotopic (exact) mass is 406 g/mol. The van der Waals surface area contributed by atoms with Crippen molar-refractivity contribution in [2.75, 3.05) is 53.0 Å². The van der Waals surface area contributed by atoms with Crippen molar-refractivity contribution in [2.45, 2.75) is 25.9 Å². The summed E-state index contributed by atoms with van der Waals surface area (Å²) < 4.78 is 24.1. The summed E-state index contributed by atoms with van der Waals surface area (Å²) >= 11 is 0. The van der Waals surface area contributed by atoms with Crippen LogP contribution in [0, 0.1) is 11.7 Å². The van der Waals surface area contributed by atoms with E-state index in [1.54, 1.807) is 19.2 Å². The van der Waals surface area contributed by atoms with Crippen molar-refractivity contribution in [3.05, 3.63) is 30.1 Å². The molecule has 1 aromatic carbocycles. The van der Waals surface area contributed by atoms with Gasteiger partial charge < -0.3 is 24.6 Å².